The minimum absolute atomic E-state index is 0.00708. The molecule has 0 aromatic heterocycles. The first-order chi connectivity index (χ1) is 6.99. The van der Waals surface area contributed by atoms with Gasteiger partial charge >= 0.3 is 5.97 Å². The third-order valence-electron chi connectivity index (χ3n) is 2.58. The van der Waals surface area contributed by atoms with Gasteiger partial charge in [0, 0.05) is 25.7 Å². The topological polar surface area (TPSA) is 43.8 Å². The smallest absolute Gasteiger partial charge is 0.317 e. The molecular weight excluding hydrogens is 206 g/mol. The molecule has 1 aliphatic rings. The quantitative estimate of drug-likeness (QED) is 0.745. The number of hydrogen-bond donors (Lipinski definition) is 1. The first-order valence-corrected chi connectivity index (χ1v) is 4.95. The van der Waals surface area contributed by atoms with Crippen LogP contribution < -0.4 is 0 Å². The van der Waals surface area contributed by atoms with E-state index < -0.39 is 12.4 Å². The molecular formula is C9H16F2N2O2. The number of carboxylic acids is 1. The number of aliphatic carboxylic acids is 1. The zero-order valence-corrected chi connectivity index (χ0v) is 8.70. The van der Waals surface area contributed by atoms with E-state index in [9.17, 15) is 13.6 Å². The van der Waals surface area contributed by atoms with Crippen LogP contribution in [0.2, 0.25) is 0 Å². The zero-order valence-electron chi connectivity index (χ0n) is 8.70. The predicted octanol–water partition coefficient (Wildman–Crippen LogP) is 0.342. The van der Waals surface area contributed by atoms with E-state index in [4.69, 9.17) is 5.11 Å². The number of halogens is 2. The molecule has 88 valence electrons. The van der Waals surface area contributed by atoms with E-state index >= 15 is 0 Å². The standard InChI is InChI=1S/C9H16F2N2O2/c1-7-4-12(6-9(14)15)2-3-13(7)5-8(10)11/h7-8H,2-6H2,1H3,(H,14,15)/t7-/m0/s1. The fourth-order valence-electron chi connectivity index (χ4n) is 1.85. The highest BCUT2D eigenvalue weighted by Gasteiger charge is 2.26. The monoisotopic (exact) mass is 222 g/mol. The van der Waals surface area contributed by atoms with Crippen LogP contribution in [0.5, 0.6) is 0 Å². The van der Waals surface area contributed by atoms with Crippen LogP contribution in [-0.2, 0) is 4.79 Å². The Morgan fingerprint density at radius 2 is 2.20 bits per heavy atom. The second-order valence-corrected chi connectivity index (χ2v) is 3.86. The summed E-state index contributed by atoms with van der Waals surface area (Å²) in [6.45, 7) is 3.21. The van der Waals surface area contributed by atoms with Crippen LogP contribution in [0.1, 0.15) is 6.92 Å². The number of carboxylic acid groups (broad SMARTS) is 1. The van der Waals surface area contributed by atoms with Crippen LogP contribution in [0.4, 0.5) is 8.78 Å². The van der Waals surface area contributed by atoms with Crippen molar-refractivity contribution >= 4 is 5.97 Å². The molecule has 1 saturated heterocycles. The van der Waals surface area contributed by atoms with Crippen molar-refractivity contribution in [3.63, 3.8) is 0 Å². The van der Waals surface area contributed by atoms with E-state index in [0.29, 0.717) is 19.6 Å². The van der Waals surface area contributed by atoms with Crippen LogP contribution in [0.25, 0.3) is 0 Å². The molecule has 1 N–H and O–H groups in total. The van der Waals surface area contributed by atoms with Gasteiger partial charge in [0.05, 0.1) is 13.1 Å². The molecule has 0 unspecified atom stereocenters. The Bertz CT molecular complexity index is 226. The highest BCUT2D eigenvalue weighted by molar-refractivity contribution is 5.69. The minimum Gasteiger partial charge on any atom is -0.480 e. The molecule has 15 heavy (non-hydrogen) atoms. The Labute approximate surface area is 87.5 Å². The molecule has 0 radical (unpaired) electrons. The molecule has 0 aromatic carbocycles. The van der Waals surface area contributed by atoms with Crippen molar-refractivity contribution in [1.82, 2.24) is 9.80 Å². The lowest BCUT2D eigenvalue weighted by atomic mass is 10.2. The van der Waals surface area contributed by atoms with Crippen molar-refractivity contribution in [2.75, 3.05) is 32.7 Å². The average Bonchev–Trinajstić information content (AvgIpc) is 2.08. The maximum Gasteiger partial charge on any atom is 0.317 e. The predicted molar refractivity (Wildman–Crippen MR) is 51.1 cm³/mol. The fourth-order valence-corrected chi connectivity index (χ4v) is 1.85. The summed E-state index contributed by atoms with van der Waals surface area (Å²) in [6, 6.07) is -0.00731. The molecule has 6 heteroatoms. The lowest BCUT2D eigenvalue weighted by Crippen LogP contribution is -2.53. The number of rotatable bonds is 4. The maximum atomic E-state index is 12.2. The summed E-state index contributed by atoms with van der Waals surface area (Å²) in [6.07, 6.45) is -2.32. The number of nitrogens with zero attached hydrogens (tertiary/aromatic N) is 2. The van der Waals surface area contributed by atoms with Gasteiger partial charge < -0.3 is 5.11 Å². The summed E-state index contributed by atoms with van der Waals surface area (Å²) >= 11 is 0. The van der Waals surface area contributed by atoms with Crippen LogP contribution >= 0.6 is 0 Å². The van der Waals surface area contributed by atoms with Crippen LogP contribution in [0, 0.1) is 0 Å². The van der Waals surface area contributed by atoms with Crippen molar-refractivity contribution in [2.45, 2.75) is 19.4 Å². The zero-order chi connectivity index (χ0) is 11.4. The van der Waals surface area contributed by atoms with Gasteiger partial charge in [-0.25, -0.2) is 8.78 Å². The summed E-state index contributed by atoms with van der Waals surface area (Å²) in [5.74, 6) is -0.871. The summed E-state index contributed by atoms with van der Waals surface area (Å²) in [5.41, 5.74) is 0. The molecule has 0 bridgehead atoms. The third kappa shape index (κ3) is 4.09. The summed E-state index contributed by atoms with van der Waals surface area (Å²) in [5, 5.41) is 8.59. The van der Waals surface area contributed by atoms with E-state index in [1.54, 1.807) is 9.80 Å². The van der Waals surface area contributed by atoms with E-state index in [1.807, 2.05) is 6.92 Å². The molecule has 0 spiro atoms. The highest BCUT2D eigenvalue weighted by Crippen LogP contribution is 2.11. The van der Waals surface area contributed by atoms with E-state index in [0.717, 1.165) is 0 Å². The van der Waals surface area contributed by atoms with E-state index in [-0.39, 0.29) is 19.1 Å². The Morgan fingerprint density at radius 3 is 2.67 bits per heavy atom. The molecule has 1 fully saturated rings. The lowest BCUT2D eigenvalue weighted by molar-refractivity contribution is -0.139. The molecule has 1 heterocycles. The lowest BCUT2D eigenvalue weighted by Gasteiger charge is -2.38. The molecule has 4 nitrogen and oxygen atoms in total. The van der Waals surface area contributed by atoms with Gasteiger partial charge in [-0.05, 0) is 6.92 Å². The first-order valence-electron chi connectivity index (χ1n) is 4.95. The number of alkyl halides is 2. The normalized spacial score (nSPS) is 24.7. The molecule has 1 rings (SSSR count). The largest absolute Gasteiger partial charge is 0.480 e. The van der Waals surface area contributed by atoms with Crippen molar-refractivity contribution < 1.29 is 18.7 Å². The number of carbonyl (C=O) groups is 1. The van der Waals surface area contributed by atoms with Crippen LogP contribution in [0.15, 0.2) is 0 Å². The summed E-state index contributed by atoms with van der Waals surface area (Å²) in [4.78, 5) is 13.9. The number of piperazine rings is 1. The average molecular weight is 222 g/mol. The second-order valence-electron chi connectivity index (χ2n) is 3.86. The molecule has 0 aliphatic carbocycles. The van der Waals surface area contributed by atoms with Crippen molar-refractivity contribution in [1.29, 1.82) is 0 Å². The molecule has 1 aliphatic heterocycles. The van der Waals surface area contributed by atoms with Gasteiger partial charge in [-0.1, -0.05) is 0 Å². The Morgan fingerprint density at radius 1 is 1.53 bits per heavy atom. The minimum atomic E-state index is -2.32. The first kappa shape index (κ1) is 12.3. The van der Waals surface area contributed by atoms with Gasteiger partial charge in [0.1, 0.15) is 0 Å². The molecule has 0 amide bonds. The van der Waals surface area contributed by atoms with Crippen molar-refractivity contribution in [2.24, 2.45) is 0 Å². The second kappa shape index (κ2) is 5.37. The summed E-state index contributed by atoms with van der Waals surface area (Å²) < 4.78 is 24.3. The molecule has 1 atom stereocenters. The Kier molecular flexibility index (Phi) is 4.41. The Hall–Kier alpha value is -0.750. The maximum absolute atomic E-state index is 12.2. The van der Waals surface area contributed by atoms with Gasteiger partial charge in [-0.2, -0.15) is 0 Å². The highest BCUT2D eigenvalue weighted by atomic mass is 19.3. The summed E-state index contributed by atoms with van der Waals surface area (Å²) in [7, 11) is 0. The SMILES string of the molecule is C[C@H]1CN(CC(=O)O)CCN1CC(F)F. The van der Waals surface area contributed by atoms with E-state index in [2.05, 4.69) is 0 Å². The third-order valence-corrected chi connectivity index (χ3v) is 2.58. The van der Waals surface area contributed by atoms with Crippen LogP contribution in [-0.4, -0.2) is 66.1 Å². The number of hydrogen-bond acceptors (Lipinski definition) is 3. The van der Waals surface area contributed by atoms with Gasteiger partial charge in [0.25, 0.3) is 6.43 Å². The Balaban J connectivity index is 2.37. The van der Waals surface area contributed by atoms with Crippen molar-refractivity contribution in [3.8, 4) is 0 Å². The van der Waals surface area contributed by atoms with Gasteiger partial charge in [-0.15, -0.1) is 0 Å². The van der Waals surface area contributed by atoms with Crippen molar-refractivity contribution in [3.05, 3.63) is 0 Å². The van der Waals surface area contributed by atoms with E-state index in [1.165, 1.54) is 0 Å². The van der Waals surface area contributed by atoms with Gasteiger partial charge in [-0.3, -0.25) is 14.6 Å². The molecule has 0 saturated carbocycles. The van der Waals surface area contributed by atoms with Gasteiger partial charge in [0.15, 0.2) is 0 Å². The van der Waals surface area contributed by atoms with Crippen LogP contribution in [0.3, 0.4) is 0 Å². The molecule has 0 aromatic rings. The fraction of sp³-hybridized carbons (Fsp3) is 0.889. The van der Waals surface area contributed by atoms with Gasteiger partial charge in [0.2, 0.25) is 0 Å².